The number of carbonyl (C=O) groups excluding carboxylic acids is 3. The van der Waals surface area contributed by atoms with Gasteiger partial charge < -0.3 is 24.0 Å². The maximum atomic E-state index is 14.1. The zero-order valence-electron chi connectivity index (χ0n) is 23.8. The lowest BCUT2D eigenvalue weighted by atomic mass is 9.84. The molecular formula is C30H40N2O6. The normalized spacial score (nSPS) is 18.1. The second kappa shape index (κ2) is 11.1. The Hall–Kier alpha value is -3.55. The maximum absolute atomic E-state index is 14.1. The number of rotatable bonds is 5. The lowest BCUT2D eigenvalue weighted by Crippen LogP contribution is -2.69. The Morgan fingerprint density at radius 2 is 1.58 bits per heavy atom. The van der Waals surface area contributed by atoms with Gasteiger partial charge in [-0.25, -0.2) is 9.59 Å². The molecule has 0 aromatic heterocycles. The van der Waals surface area contributed by atoms with E-state index < -0.39 is 23.2 Å². The van der Waals surface area contributed by atoms with Crippen LogP contribution in [0.3, 0.4) is 0 Å². The molecule has 0 bridgehead atoms. The van der Waals surface area contributed by atoms with Crippen molar-refractivity contribution in [2.45, 2.75) is 64.5 Å². The largest absolute Gasteiger partial charge is 0.496 e. The first-order chi connectivity index (χ1) is 17.7. The fourth-order valence-electron chi connectivity index (χ4n) is 4.81. The van der Waals surface area contributed by atoms with Crippen LogP contribution in [0.4, 0.5) is 4.79 Å². The van der Waals surface area contributed by atoms with E-state index in [0.29, 0.717) is 11.3 Å². The van der Waals surface area contributed by atoms with Crippen LogP contribution in [0.1, 0.15) is 63.0 Å². The summed E-state index contributed by atoms with van der Waals surface area (Å²) >= 11 is 0. The highest BCUT2D eigenvalue weighted by atomic mass is 16.6. The predicted molar refractivity (Wildman–Crippen MR) is 145 cm³/mol. The minimum atomic E-state index is -1.46. The zero-order chi connectivity index (χ0) is 28.3. The predicted octanol–water partition coefficient (Wildman–Crippen LogP) is 4.84. The summed E-state index contributed by atoms with van der Waals surface area (Å²) in [4.78, 5) is 43.8. The molecule has 1 heterocycles. The molecule has 0 radical (unpaired) electrons. The van der Waals surface area contributed by atoms with Crippen molar-refractivity contribution in [2.75, 3.05) is 33.9 Å². The van der Waals surface area contributed by atoms with E-state index in [1.807, 2.05) is 36.4 Å². The summed E-state index contributed by atoms with van der Waals surface area (Å²) in [5, 5.41) is 0. The number of esters is 1. The van der Waals surface area contributed by atoms with E-state index in [4.69, 9.17) is 14.2 Å². The van der Waals surface area contributed by atoms with Gasteiger partial charge in [0.15, 0.2) is 5.54 Å². The third-order valence-corrected chi connectivity index (χ3v) is 6.62. The molecule has 206 valence electrons. The maximum Gasteiger partial charge on any atom is 0.410 e. The first-order valence-corrected chi connectivity index (χ1v) is 12.8. The summed E-state index contributed by atoms with van der Waals surface area (Å²) < 4.78 is 16.5. The summed E-state index contributed by atoms with van der Waals surface area (Å²) in [5.41, 5.74) is -0.157. The Bertz CT molecular complexity index is 1170. The molecule has 38 heavy (non-hydrogen) atoms. The third kappa shape index (κ3) is 6.29. The van der Waals surface area contributed by atoms with E-state index in [1.165, 1.54) is 16.9 Å². The number of hydrogen-bond donors (Lipinski definition) is 0. The summed E-state index contributed by atoms with van der Waals surface area (Å²) in [6, 6.07) is 14.8. The molecule has 1 atom stereocenters. The van der Waals surface area contributed by atoms with E-state index in [1.54, 1.807) is 40.0 Å². The number of piperazine rings is 1. The molecule has 0 spiro atoms. The highest BCUT2D eigenvalue weighted by Gasteiger charge is 2.52. The molecule has 3 rings (SSSR count). The van der Waals surface area contributed by atoms with Gasteiger partial charge in [-0.15, -0.1) is 0 Å². The lowest BCUT2D eigenvalue weighted by molar-refractivity contribution is -0.157. The van der Waals surface area contributed by atoms with Gasteiger partial charge in [0.1, 0.15) is 11.4 Å². The van der Waals surface area contributed by atoms with Crippen molar-refractivity contribution in [3.05, 3.63) is 65.2 Å². The second-order valence-corrected chi connectivity index (χ2v) is 11.7. The van der Waals surface area contributed by atoms with Crippen LogP contribution in [0.25, 0.3) is 0 Å². The molecule has 0 N–H and O–H groups in total. The first-order valence-electron chi connectivity index (χ1n) is 12.8. The fourth-order valence-corrected chi connectivity index (χ4v) is 4.81. The number of hydrogen-bond acceptors (Lipinski definition) is 6. The highest BCUT2D eigenvalue weighted by Crippen LogP contribution is 2.35. The SMILES string of the molecule is COC(=O)C1(Cc2ccccc2)CN(C(=O)OC(C)(C)C)CCN1C(=O)c1ccc(C(C)(C)C)c(OC)c1. The second-order valence-electron chi connectivity index (χ2n) is 11.7. The molecule has 1 aliphatic rings. The third-order valence-electron chi connectivity index (χ3n) is 6.62. The first kappa shape index (κ1) is 29.0. The summed E-state index contributed by atoms with van der Waals surface area (Å²) in [6.07, 6.45) is -0.370. The standard InChI is InChI=1S/C30H40N2O6/c1-28(2,3)23-15-14-22(18-24(23)36-7)25(33)32-17-16-31(27(35)38-29(4,5)6)20-30(32,26(34)37-8)19-21-12-10-9-11-13-21/h9-15,18H,16-17,19-20H2,1-8H3. The lowest BCUT2D eigenvalue weighted by Gasteiger charge is -2.48. The van der Waals surface area contributed by atoms with E-state index in [2.05, 4.69) is 20.8 Å². The minimum Gasteiger partial charge on any atom is -0.496 e. The Labute approximate surface area is 225 Å². The number of ether oxygens (including phenoxy) is 3. The topological polar surface area (TPSA) is 85.4 Å². The zero-order valence-corrected chi connectivity index (χ0v) is 23.8. The van der Waals surface area contributed by atoms with Gasteiger partial charge in [0.2, 0.25) is 0 Å². The molecule has 2 amide bonds. The van der Waals surface area contributed by atoms with E-state index >= 15 is 0 Å². The molecule has 1 saturated heterocycles. The van der Waals surface area contributed by atoms with Crippen molar-refractivity contribution in [3.63, 3.8) is 0 Å². The molecule has 2 aromatic rings. The summed E-state index contributed by atoms with van der Waals surface area (Å²) in [6.45, 7) is 11.9. The van der Waals surface area contributed by atoms with Gasteiger partial charge in [-0.3, -0.25) is 4.79 Å². The number of amides is 2. The van der Waals surface area contributed by atoms with Gasteiger partial charge >= 0.3 is 12.1 Å². The molecular weight excluding hydrogens is 484 g/mol. The smallest absolute Gasteiger partial charge is 0.410 e. The molecule has 1 fully saturated rings. The van der Waals surface area contributed by atoms with Gasteiger partial charge in [0.25, 0.3) is 5.91 Å². The van der Waals surface area contributed by atoms with Crippen LogP contribution in [0.5, 0.6) is 5.75 Å². The van der Waals surface area contributed by atoms with E-state index in [0.717, 1.165) is 11.1 Å². The van der Waals surface area contributed by atoms with Crippen LogP contribution < -0.4 is 4.74 Å². The molecule has 8 nitrogen and oxygen atoms in total. The number of nitrogens with zero attached hydrogens (tertiary/aromatic N) is 2. The monoisotopic (exact) mass is 524 g/mol. The van der Waals surface area contributed by atoms with Crippen LogP contribution in [0, 0.1) is 0 Å². The molecule has 1 aliphatic heterocycles. The molecule has 0 aliphatic carbocycles. The Morgan fingerprint density at radius 1 is 0.921 bits per heavy atom. The molecule has 1 unspecified atom stereocenters. The number of methoxy groups -OCH3 is 2. The average molecular weight is 525 g/mol. The van der Waals surface area contributed by atoms with Gasteiger partial charge in [-0.2, -0.15) is 0 Å². The minimum absolute atomic E-state index is 0.0631. The van der Waals surface area contributed by atoms with Crippen molar-refractivity contribution in [2.24, 2.45) is 0 Å². The van der Waals surface area contributed by atoms with E-state index in [-0.39, 0.29) is 37.4 Å². The van der Waals surface area contributed by atoms with Crippen LogP contribution in [-0.2, 0) is 26.1 Å². The number of benzene rings is 2. The molecule has 0 saturated carbocycles. The van der Waals surface area contributed by atoms with Gasteiger partial charge in [0, 0.05) is 25.1 Å². The van der Waals surface area contributed by atoms with Crippen molar-refractivity contribution in [1.82, 2.24) is 9.80 Å². The van der Waals surface area contributed by atoms with Crippen LogP contribution >= 0.6 is 0 Å². The average Bonchev–Trinajstić information content (AvgIpc) is 2.86. The van der Waals surface area contributed by atoms with Gasteiger partial charge in [-0.05, 0) is 49.4 Å². The van der Waals surface area contributed by atoms with Gasteiger partial charge in [-0.1, -0.05) is 57.2 Å². The van der Waals surface area contributed by atoms with E-state index in [9.17, 15) is 14.4 Å². The summed E-state index contributed by atoms with van der Waals surface area (Å²) in [7, 11) is 2.87. The van der Waals surface area contributed by atoms with Crippen molar-refractivity contribution in [1.29, 1.82) is 0 Å². The Kier molecular flexibility index (Phi) is 8.44. The van der Waals surface area contributed by atoms with Crippen molar-refractivity contribution in [3.8, 4) is 5.75 Å². The van der Waals surface area contributed by atoms with Crippen LogP contribution in [0.2, 0.25) is 0 Å². The van der Waals surface area contributed by atoms with Crippen molar-refractivity contribution < 1.29 is 28.6 Å². The van der Waals surface area contributed by atoms with Crippen LogP contribution in [0.15, 0.2) is 48.5 Å². The quantitative estimate of drug-likeness (QED) is 0.521. The highest BCUT2D eigenvalue weighted by molar-refractivity contribution is 5.99. The Morgan fingerprint density at radius 3 is 2.13 bits per heavy atom. The molecule has 2 aromatic carbocycles. The fraction of sp³-hybridized carbons (Fsp3) is 0.500. The Balaban J connectivity index is 2.09. The van der Waals surface area contributed by atoms with Crippen molar-refractivity contribution >= 4 is 18.0 Å². The summed E-state index contributed by atoms with van der Waals surface area (Å²) in [5.74, 6) is -0.336. The number of carbonyl (C=O) groups is 3. The molecule has 8 heteroatoms. The van der Waals surface area contributed by atoms with Gasteiger partial charge in [0.05, 0.1) is 20.8 Å². The van der Waals surface area contributed by atoms with Crippen LogP contribution in [-0.4, -0.2) is 72.8 Å².